The highest BCUT2D eigenvalue weighted by molar-refractivity contribution is 5.96. The number of morpholine rings is 1. The van der Waals surface area contributed by atoms with Gasteiger partial charge in [0.1, 0.15) is 38.1 Å². The summed E-state index contributed by atoms with van der Waals surface area (Å²) in [5.74, 6) is 0.505. The van der Waals surface area contributed by atoms with Crippen molar-refractivity contribution < 1.29 is 24.3 Å². The highest BCUT2D eigenvalue weighted by Crippen LogP contribution is 2.18. The monoisotopic (exact) mass is 280 g/mol. The average molecular weight is 280 g/mol. The molecule has 5 heteroatoms. The van der Waals surface area contributed by atoms with Gasteiger partial charge in [0, 0.05) is 0 Å². The Morgan fingerprint density at radius 1 is 1.40 bits per heavy atom. The van der Waals surface area contributed by atoms with Crippen molar-refractivity contribution in [1.29, 1.82) is 0 Å². The van der Waals surface area contributed by atoms with Crippen LogP contribution in [0.25, 0.3) is 0 Å². The molecule has 0 aromatic heterocycles. The number of Topliss-reactive ketones (excluding diaryl/α,β-unsaturated/α-hetero) is 1. The third kappa shape index (κ3) is 4.30. The Morgan fingerprint density at radius 2 is 2.10 bits per heavy atom. The predicted octanol–water partition coefficient (Wildman–Crippen LogP) is -0.456. The number of ether oxygens (including phenoxy) is 2. The van der Waals surface area contributed by atoms with Gasteiger partial charge in [-0.2, -0.15) is 0 Å². The predicted molar refractivity (Wildman–Crippen MR) is 74.3 cm³/mol. The molecule has 0 aliphatic carbocycles. The van der Waals surface area contributed by atoms with Gasteiger partial charge < -0.3 is 19.5 Å². The zero-order chi connectivity index (χ0) is 14.4. The highest BCUT2D eigenvalue weighted by atomic mass is 16.5. The SMILES string of the molecule is CC(=O)c1ccccc1OC[C@H](O)C[NH+]1CCOCC1. The fourth-order valence-electron chi connectivity index (χ4n) is 2.33. The van der Waals surface area contributed by atoms with Gasteiger partial charge in [-0.15, -0.1) is 0 Å². The van der Waals surface area contributed by atoms with Crippen molar-refractivity contribution in [1.82, 2.24) is 0 Å². The highest BCUT2D eigenvalue weighted by Gasteiger charge is 2.19. The van der Waals surface area contributed by atoms with Crippen molar-refractivity contribution in [2.75, 3.05) is 39.5 Å². The molecule has 0 radical (unpaired) electrons. The van der Waals surface area contributed by atoms with E-state index in [-0.39, 0.29) is 12.4 Å². The van der Waals surface area contributed by atoms with E-state index >= 15 is 0 Å². The van der Waals surface area contributed by atoms with Gasteiger partial charge in [0.25, 0.3) is 0 Å². The standard InChI is InChI=1S/C15H21NO4/c1-12(17)14-4-2-3-5-15(14)20-11-13(18)10-16-6-8-19-9-7-16/h2-5,13,18H,6-11H2,1H3/p+1/t13-/m1/s1. The van der Waals surface area contributed by atoms with E-state index in [0.29, 0.717) is 17.9 Å². The summed E-state index contributed by atoms with van der Waals surface area (Å²) in [5, 5.41) is 10.0. The first-order valence-corrected chi connectivity index (χ1v) is 6.99. The number of ketones is 1. The molecule has 1 heterocycles. The number of carbonyl (C=O) groups excluding carboxylic acids is 1. The Balaban J connectivity index is 1.83. The van der Waals surface area contributed by atoms with Gasteiger partial charge in [0.15, 0.2) is 5.78 Å². The molecule has 2 rings (SSSR count). The molecule has 0 amide bonds. The van der Waals surface area contributed by atoms with Crippen LogP contribution in [0.5, 0.6) is 5.75 Å². The first kappa shape index (κ1) is 15.0. The van der Waals surface area contributed by atoms with E-state index in [1.165, 1.54) is 11.8 Å². The summed E-state index contributed by atoms with van der Waals surface area (Å²) < 4.78 is 10.9. The molecule has 0 unspecified atom stereocenters. The van der Waals surface area contributed by atoms with Gasteiger partial charge in [0.2, 0.25) is 0 Å². The van der Waals surface area contributed by atoms with Crippen LogP contribution in [0.2, 0.25) is 0 Å². The van der Waals surface area contributed by atoms with Crippen LogP contribution < -0.4 is 9.64 Å². The molecule has 1 aromatic carbocycles. The lowest BCUT2D eigenvalue weighted by Crippen LogP contribution is -3.15. The van der Waals surface area contributed by atoms with Crippen LogP contribution in [0.15, 0.2) is 24.3 Å². The first-order chi connectivity index (χ1) is 9.66. The molecule has 1 aromatic rings. The van der Waals surface area contributed by atoms with Gasteiger partial charge >= 0.3 is 0 Å². The molecular formula is C15H22NO4+. The lowest BCUT2D eigenvalue weighted by molar-refractivity contribution is -0.911. The van der Waals surface area contributed by atoms with E-state index in [1.807, 2.05) is 6.07 Å². The largest absolute Gasteiger partial charge is 0.490 e. The third-order valence-electron chi connectivity index (χ3n) is 3.42. The average Bonchev–Trinajstić information content (AvgIpc) is 2.46. The number of hydrogen-bond donors (Lipinski definition) is 2. The van der Waals surface area contributed by atoms with E-state index in [2.05, 4.69) is 0 Å². The van der Waals surface area contributed by atoms with E-state index in [1.54, 1.807) is 18.2 Å². The second-order valence-electron chi connectivity index (χ2n) is 5.08. The molecule has 1 aliphatic rings. The summed E-state index contributed by atoms with van der Waals surface area (Å²) in [7, 11) is 0. The lowest BCUT2D eigenvalue weighted by atomic mass is 10.1. The summed E-state index contributed by atoms with van der Waals surface area (Å²) in [6.07, 6.45) is -0.539. The van der Waals surface area contributed by atoms with Crippen LogP contribution in [0.4, 0.5) is 0 Å². The molecule has 20 heavy (non-hydrogen) atoms. The van der Waals surface area contributed by atoms with E-state index < -0.39 is 6.10 Å². The Kier molecular flexibility index (Phi) is 5.52. The summed E-state index contributed by atoms with van der Waals surface area (Å²) in [6, 6.07) is 7.11. The molecule has 1 aliphatic heterocycles. The maximum absolute atomic E-state index is 11.5. The number of nitrogens with one attached hydrogen (secondary N) is 1. The molecule has 0 spiro atoms. The zero-order valence-corrected chi connectivity index (χ0v) is 11.8. The number of carbonyl (C=O) groups is 1. The van der Waals surface area contributed by atoms with Gasteiger partial charge in [-0.3, -0.25) is 4.79 Å². The summed E-state index contributed by atoms with van der Waals surface area (Å²) in [6.45, 7) is 5.69. The minimum Gasteiger partial charge on any atom is -0.490 e. The minimum atomic E-state index is -0.539. The fourth-order valence-corrected chi connectivity index (χ4v) is 2.33. The van der Waals surface area contributed by atoms with E-state index in [0.717, 1.165) is 26.3 Å². The molecule has 110 valence electrons. The van der Waals surface area contributed by atoms with Gasteiger partial charge in [0.05, 0.1) is 18.8 Å². The van der Waals surface area contributed by atoms with Crippen LogP contribution in [-0.4, -0.2) is 56.4 Å². The maximum atomic E-state index is 11.5. The number of rotatable bonds is 6. The van der Waals surface area contributed by atoms with Crippen LogP contribution in [0, 0.1) is 0 Å². The second kappa shape index (κ2) is 7.38. The van der Waals surface area contributed by atoms with Crippen molar-refractivity contribution in [3.05, 3.63) is 29.8 Å². The van der Waals surface area contributed by atoms with Crippen LogP contribution in [-0.2, 0) is 4.74 Å². The van der Waals surface area contributed by atoms with Crippen molar-refractivity contribution in [2.24, 2.45) is 0 Å². The number of quaternary nitrogens is 1. The molecule has 1 saturated heterocycles. The molecule has 1 fully saturated rings. The van der Waals surface area contributed by atoms with Crippen molar-refractivity contribution in [2.45, 2.75) is 13.0 Å². The van der Waals surface area contributed by atoms with Crippen molar-refractivity contribution in [3.8, 4) is 5.75 Å². The van der Waals surface area contributed by atoms with Crippen molar-refractivity contribution >= 4 is 5.78 Å². The first-order valence-electron chi connectivity index (χ1n) is 6.99. The normalized spacial score (nSPS) is 17.7. The lowest BCUT2D eigenvalue weighted by Gasteiger charge is -2.25. The Morgan fingerprint density at radius 3 is 2.80 bits per heavy atom. The second-order valence-corrected chi connectivity index (χ2v) is 5.08. The Hall–Kier alpha value is -1.43. The fraction of sp³-hybridized carbons (Fsp3) is 0.533. The van der Waals surface area contributed by atoms with E-state index in [4.69, 9.17) is 9.47 Å². The zero-order valence-electron chi connectivity index (χ0n) is 11.8. The van der Waals surface area contributed by atoms with Gasteiger partial charge in [-0.05, 0) is 19.1 Å². The molecule has 0 saturated carbocycles. The van der Waals surface area contributed by atoms with Gasteiger partial charge in [-0.25, -0.2) is 0 Å². The molecule has 5 nitrogen and oxygen atoms in total. The third-order valence-corrected chi connectivity index (χ3v) is 3.42. The maximum Gasteiger partial charge on any atom is 0.163 e. The number of aliphatic hydroxyl groups excluding tert-OH is 1. The topological polar surface area (TPSA) is 60.2 Å². The number of para-hydroxylation sites is 1. The molecular weight excluding hydrogens is 258 g/mol. The van der Waals surface area contributed by atoms with Crippen LogP contribution in [0.3, 0.4) is 0 Å². The number of aliphatic hydroxyl groups is 1. The van der Waals surface area contributed by atoms with Crippen LogP contribution >= 0.6 is 0 Å². The Labute approximate surface area is 119 Å². The number of benzene rings is 1. The van der Waals surface area contributed by atoms with Crippen molar-refractivity contribution in [3.63, 3.8) is 0 Å². The quantitative estimate of drug-likeness (QED) is 0.693. The van der Waals surface area contributed by atoms with Gasteiger partial charge in [-0.1, -0.05) is 12.1 Å². The summed E-state index contributed by atoms with van der Waals surface area (Å²) in [4.78, 5) is 12.8. The molecule has 2 N–H and O–H groups in total. The summed E-state index contributed by atoms with van der Waals surface area (Å²) >= 11 is 0. The Bertz CT molecular complexity index is 443. The smallest absolute Gasteiger partial charge is 0.163 e. The molecule has 1 atom stereocenters. The van der Waals surface area contributed by atoms with Crippen LogP contribution in [0.1, 0.15) is 17.3 Å². The minimum absolute atomic E-state index is 0.0334. The molecule has 0 bridgehead atoms. The summed E-state index contributed by atoms with van der Waals surface area (Å²) in [5.41, 5.74) is 0.554. The number of hydrogen-bond acceptors (Lipinski definition) is 4. The van der Waals surface area contributed by atoms with E-state index in [9.17, 15) is 9.90 Å².